The van der Waals surface area contributed by atoms with Crippen molar-refractivity contribution in [2.24, 2.45) is 0 Å². The molecule has 1 rings (SSSR count). The summed E-state index contributed by atoms with van der Waals surface area (Å²) in [6.45, 7) is 2.15. The molecule has 0 amide bonds. The number of benzene rings is 1. The minimum atomic E-state index is -0.903. The number of hydrogen-bond acceptors (Lipinski definition) is 2. The van der Waals surface area contributed by atoms with Crippen LogP contribution in [0.2, 0.25) is 5.02 Å². The molecule has 0 bridgehead atoms. The van der Waals surface area contributed by atoms with Gasteiger partial charge in [-0.15, -0.1) is 0 Å². The molecule has 1 unspecified atom stereocenters. The normalized spacial score (nSPS) is 12.4. The van der Waals surface area contributed by atoms with Crippen molar-refractivity contribution in [1.29, 1.82) is 0 Å². The predicted molar refractivity (Wildman–Crippen MR) is 64.6 cm³/mol. The van der Waals surface area contributed by atoms with Crippen LogP contribution in [0, 0.1) is 5.82 Å². The van der Waals surface area contributed by atoms with E-state index in [9.17, 15) is 9.18 Å². The summed E-state index contributed by atoms with van der Waals surface area (Å²) < 4.78 is 13.0. The molecule has 1 atom stereocenters. The SMILES string of the molecule is CCCC(NCc1cc(F)ccc1Cl)C(=O)O. The molecule has 0 heterocycles. The van der Waals surface area contributed by atoms with E-state index in [0.717, 1.165) is 6.42 Å². The van der Waals surface area contributed by atoms with Crippen LogP contribution in [0.5, 0.6) is 0 Å². The van der Waals surface area contributed by atoms with Crippen molar-refractivity contribution in [3.63, 3.8) is 0 Å². The summed E-state index contributed by atoms with van der Waals surface area (Å²) in [5, 5.41) is 12.2. The van der Waals surface area contributed by atoms with E-state index < -0.39 is 12.0 Å². The van der Waals surface area contributed by atoms with E-state index >= 15 is 0 Å². The average molecular weight is 260 g/mol. The molecule has 17 heavy (non-hydrogen) atoms. The Morgan fingerprint density at radius 3 is 2.88 bits per heavy atom. The number of nitrogens with one attached hydrogen (secondary N) is 1. The zero-order valence-electron chi connectivity index (χ0n) is 9.54. The van der Waals surface area contributed by atoms with Crippen LogP contribution in [-0.2, 0) is 11.3 Å². The van der Waals surface area contributed by atoms with Crippen LogP contribution < -0.4 is 5.32 Å². The van der Waals surface area contributed by atoms with Gasteiger partial charge in [-0.1, -0.05) is 24.9 Å². The van der Waals surface area contributed by atoms with Crippen molar-refractivity contribution < 1.29 is 14.3 Å². The van der Waals surface area contributed by atoms with E-state index in [1.165, 1.54) is 18.2 Å². The molecule has 0 aliphatic carbocycles. The molecule has 0 fully saturated rings. The zero-order valence-corrected chi connectivity index (χ0v) is 10.3. The molecule has 0 aromatic heterocycles. The molecule has 0 aliphatic heterocycles. The molecule has 2 N–H and O–H groups in total. The van der Waals surface area contributed by atoms with Gasteiger partial charge < -0.3 is 10.4 Å². The third kappa shape index (κ3) is 4.32. The lowest BCUT2D eigenvalue weighted by Crippen LogP contribution is -2.36. The molecule has 0 saturated carbocycles. The number of carbonyl (C=O) groups is 1. The first-order valence-electron chi connectivity index (χ1n) is 5.44. The van der Waals surface area contributed by atoms with Crippen molar-refractivity contribution in [2.75, 3.05) is 0 Å². The van der Waals surface area contributed by atoms with Crippen molar-refractivity contribution in [1.82, 2.24) is 5.32 Å². The van der Waals surface area contributed by atoms with E-state index in [-0.39, 0.29) is 12.4 Å². The van der Waals surface area contributed by atoms with Crippen LogP contribution >= 0.6 is 11.6 Å². The number of aliphatic carboxylic acids is 1. The van der Waals surface area contributed by atoms with Crippen molar-refractivity contribution in [3.8, 4) is 0 Å². The topological polar surface area (TPSA) is 49.3 Å². The molecule has 0 saturated heterocycles. The molecule has 1 aromatic carbocycles. The second-order valence-corrected chi connectivity index (χ2v) is 4.20. The number of halogens is 2. The predicted octanol–water partition coefficient (Wildman–Crippen LogP) is 2.82. The molecule has 0 radical (unpaired) electrons. The summed E-state index contributed by atoms with van der Waals surface area (Å²) in [5.74, 6) is -1.28. The van der Waals surface area contributed by atoms with Gasteiger partial charge in [0.1, 0.15) is 11.9 Å². The Morgan fingerprint density at radius 2 is 2.29 bits per heavy atom. The van der Waals surface area contributed by atoms with Crippen molar-refractivity contribution in [2.45, 2.75) is 32.4 Å². The Bertz CT molecular complexity index is 398. The van der Waals surface area contributed by atoms with Gasteiger partial charge in [0.15, 0.2) is 0 Å². The van der Waals surface area contributed by atoms with E-state index in [1.807, 2.05) is 6.92 Å². The van der Waals surface area contributed by atoms with Crippen LogP contribution in [0.15, 0.2) is 18.2 Å². The van der Waals surface area contributed by atoms with Gasteiger partial charge in [-0.05, 0) is 30.2 Å². The van der Waals surface area contributed by atoms with Gasteiger partial charge in [0.2, 0.25) is 0 Å². The number of hydrogen-bond donors (Lipinski definition) is 2. The first-order valence-corrected chi connectivity index (χ1v) is 5.82. The Balaban J connectivity index is 2.64. The Morgan fingerprint density at radius 1 is 1.59 bits per heavy atom. The van der Waals surface area contributed by atoms with Gasteiger partial charge in [0.05, 0.1) is 0 Å². The maximum Gasteiger partial charge on any atom is 0.320 e. The third-order valence-electron chi connectivity index (χ3n) is 2.42. The monoisotopic (exact) mass is 259 g/mol. The Kier molecular flexibility index (Phi) is 5.38. The Hall–Kier alpha value is -1.13. The minimum Gasteiger partial charge on any atom is -0.480 e. The molecular formula is C12H15ClFNO2. The van der Waals surface area contributed by atoms with Crippen LogP contribution in [0.3, 0.4) is 0 Å². The van der Waals surface area contributed by atoms with Gasteiger partial charge in [-0.3, -0.25) is 4.79 Å². The number of rotatable bonds is 6. The highest BCUT2D eigenvalue weighted by molar-refractivity contribution is 6.31. The maximum absolute atomic E-state index is 13.0. The van der Waals surface area contributed by atoms with E-state index in [4.69, 9.17) is 16.7 Å². The molecule has 0 spiro atoms. The summed E-state index contributed by atoms with van der Waals surface area (Å²) in [6.07, 6.45) is 1.29. The van der Waals surface area contributed by atoms with E-state index in [2.05, 4.69) is 5.32 Å². The van der Waals surface area contributed by atoms with Gasteiger partial charge in [-0.25, -0.2) is 4.39 Å². The molecule has 5 heteroatoms. The maximum atomic E-state index is 13.0. The fourth-order valence-electron chi connectivity index (χ4n) is 1.51. The fourth-order valence-corrected chi connectivity index (χ4v) is 1.70. The van der Waals surface area contributed by atoms with Crippen LogP contribution in [0.1, 0.15) is 25.3 Å². The first kappa shape index (κ1) is 13.9. The summed E-state index contributed by atoms with van der Waals surface area (Å²) in [6, 6.07) is 3.41. The van der Waals surface area contributed by atoms with Gasteiger partial charge >= 0.3 is 5.97 Å². The second-order valence-electron chi connectivity index (χ2n) is 3.80. The molecule has 3 nitrogen and oxygen atoms in total. The van der Waals surface area contributed by atoms with Gasteiger partial charge in [0, 0.05) is 11.6 Å². The third-order valence-corrected chi connectivity index (χ3v) is 2.79. The lowest BCUT2D eigenvalue weighted by molar-refractivity contribution is -0.139. The fraction of sp³-hybridized carbons (Fsp3) is 0.417. The molecule has 1 aromatic rings. The van der Waals surface area contributed by atoms with Gasteiger partial charge in [0.25, 0.3) is 0 Å². The molecular weight excluding hydrogens is 245 g/mol. The summed E-state index contributed by atoms with van der Waals surface area (Å²) >= 11 is 5.88. The smallest absolute Gasteiger partial charge is 0.320 e. The highest BCUT2D eigenvalue weighted by atomic mass is 35.5. The summed E-state index contributed by atoms with van der Waals surface area (Å²) in [5.41, 5.74) is 0.564. The zero-order chi connectivity index (χ0) is 12.8. The van der Waals surface area contributed by atoms with Crippen molar-refractivity contribution >= 4 is 17.6 Å². The van der Waals surface area contributed by atoms with Gasteiger partial charge in [-0.2, -0.15) is 0 Å². The number of carboxylic acid groups (broad SMARTS) is 1. The van der Waals surface area contributed by atoms with E-state index in [0.29, 0.717) is 17.0 Å². The average Bonchev–Trinajstić information content (AvgIpc) is 2.28. The quantitative estimate of drug-likeness (QED) is 0.826. The van der Waals surface area contributed by atoms with Crippen LogP contribution in [-0.4, -0.2) is 17.1 Å². The van der Waals surface area contributed by atoms with Crippen molar-refractivity contribution in [3.05, 3.63) is 34.6 Å². The standard InChI is InChI=1S/C12H15ClFNO2/c1-2-3-11(12(16)17)15-7-8-6-9(14)4-5-10(8)13/h4-6,11,15H,2-3,7H2,1H3,(H,16,17). The van der Waals surface area contributed by atoms with Crippen LogP contribution in [0.25, 0.3) is 0 Å². The minimum absolute atomic E-state index is 0.244. The molecule has 0 aliphatic rings. The summed E-state index contributed by atoms with van der Waals surface area (Å²) in [4.78, 5) is 10.9. The first-order chi connectivity index (χ1) is 8.04. The Labute approximate surface area is 105 Å². The summed E-state index contributed by atoms with van der Waals surface area (Å²) in [7, 11) is 0. The largest absolute Gasteiger partial charge is 0.480 e. The molecule has 94 valence electrons. The number of carboxylic acids is 1. The van der Waals surface area contributed by atoms with Crippen LogP contribution in [0.4, 0.5) is 4.39 Å². The lowest BCUT2D eigenvalue weighted by atomic mass is 10.1. The highest BCUT2D eigenvalue weighted by Gasteiger charge is 2.15. The second kappa shape index (κ2) is 6.57. The lowest BCUT2D eigenvalue weighted by Gasteiger charge is -2.14. The highest BCUT2D eigenvalue weighted by Crippen LogP contribution is 2.17. The van der Waals surface area contributed by atoms with E-state index in [1.54, 1.807) is 0 Å².